The number of hydrogen-bond acceptors (Lipinski definition) is 5. The molecule has 0 bridgehead atoms. The molecule has 0 atom stereocenters. The van der Waals surface area contributed by atoms with Crippen LogP contribution in [0.2, 0.25) is 0 Å². The number of thiophene rings is 1. The lowest BCUT2D eigenvalue weighted by atomic mass is 10.1. The first kappa shape index (κ1) is 15.3. The summed E-state index contributed by atoms with van der Waals surface area (Å²) in [7, 11) is 0. The van der Waals surface area contributed by atoms with Crippen LogP contribution in [0.15, 0.2) is 29.3 Å². The highest BCUT2D eigenvalue weighted by atomic mass is 32.1. The van der Waals surface area contributed by atoms with Gasteiger partial charge in [0.15, 0.2) is 6.79 Å². The van der Waals surface area contributed by atoms with Gasteiger partial charge < -0.3 is 9.47 Å². The third kappa shape index (κ3) is 2.59. The van der Waals surface area contributed by atoms with E-state index in [0.29, 0.717) is 28.9 Å². The molecule has 4 rings (SSSR count). The van der Waals surface area contributed by atoms with Crippen molar-refractivity contribution in [1.29, 1.82) is 0 Å². The number of fused-ring (bicyclic) bond motifs is 2. The highest BCUT2D eigenvalue weighted by Gasteiger charge is 2.18. The van der Waals surface area contributed by atoms with Crippen molar-refractivity contribution in [3.8, 4) is 5.75 Å². The monoisotopic (exact) mass is 346 g/mol. The van der Waals surface area contributed by atoms with Gasteiger partial charge in [0.05, 0.1) is 24.9 Å². The maximum atomic E-state index is 13.8. The number of ether oxygens (including phenoxy) is 2. The fourth-order valence-corrected chi connectivity index (χ4v) is 3.78. The molecule has 24 heavy (non-hydrogen) atoms. The predicted octanol–water partition coefficient (Wildman–Crippen LogP) is 3.07. The van der Waals surface area contributed by atoms with Gasteiger partial charge in [0.2, 0.25) is 0 Å². The minimum absolute atomic E-state index is 0.124. The summed E-state index contributed by atoms with van der Waals surface area (Å²) in [5, 5.41) is 0.605. The van der Waals surface area contributed by atoms with Crippen LogP contribution in [0.25, 0.3) is 10.2 Å². The summed E-state index contributed by atoms with van der Waals surface area (Å²) in [6.07, 6.45) is 2.38. The van der Waals surface area contributed by atoms with Crippen LogP contribution in [0, 0.1) is 5.82 Å². The zero-order valence-electron chi connectivity index (χ0n) is 13.0. The maximum absolute atomic E-state index is 13.8. The topological polar surface area (TPSA) is 53.4 Å². The Balaban J connectivity index is 1.78. The predicted molar refractivity (Wildman–Crippen MR) is 89.0 cm³/mol. The van der Waals surface area contributed by atoms with Crippen molar-refractivity contribution in [2.75, 3.05) is 6.79 Å². The first-order valence-corrected chi connectivity index (χ1v) is 8.47. The number of halogens is 1. The molecule has 0 fully saturated rings. The van der Waals surface area contributed by atoms with Gasteiger partial charge in [-0.05, 0) is 24.6 Å². The van der Waals surface area contributed by atoms with Crippen LogP contribution in [-0.2, 0) is 24.3 Å². The maximum Gasteiger partial charge on any atom is 0.262 e. The number of rotatable bonds is 3. The molecule has 7 heteroatoms. The van der Waals surface area contributed by atoms with Gasteiger partial charge in [-0.15, -0.1) is 11.3 Å². The van der Waals surface area contributed by atoms with E-state index in [1.807, 2.05) is 13.0 Å². The molecule has 5 nitrogen and oxygen atoms in total. The lowest BCUT2D eigenvalue weighted by molar-refractivity contribution is -0.0173. The van der Waals surface area contributed by atoms with Crippen LogP contribution in [0.4, 0.5) is 4.39 Å². The van der Waals surface area contributed by atoms with E-state index in [-0.39, 0.29) is 24.7 Å². The Kier molecular flexibility index (Phi) is 3.82. The second-order valence-electron chi connectivity index (χ2n) is 5.63. The number of aromatic nitrogens is 2. The molecule has 3 heterocycles. The van der Waals surface area contributed by atoms with E-state index in [2.05, 4.69) is 4.98 Å². The molecule has 0 aliphatic carbocycles. The van der Waals surface area contributed by atoms with Gasteiger partial charge in [0.1, 0.15) is 16.4 Å². The van der Waals surface area contributed by atoms with Gasteiger partial charge in [0, 0.05) is 16.0 Å². The Bertz CT molecular complexity index is 980. The van der Waals surface area contributed by atoms with E-state index in [9.17, 15) is 9.18 Å². The standard InChI is InChI=1S/C17H15FN2O3S/c1-2-13-5-14-16(24-13)19-8-20(17(14)21)6-10-3-12(18)4-11-7-22-9-23-15(10)11/h3-5,8H,2,6-7,9H2,1H3. The summed E-state index contributed by atoms with van der Waals surface area (Å²) >= 11 is 1.53. The third-order valence-electron chi connectivity index (χ3n) is 4.01. The van der Waals surface area contributed by atoms with Gasteiger partial charge in [-0.2, -0.15) is 0 Å². The Morgan fingerprint density at radius 1 is 1.38 bits per heavy atom. The van der Waals surface area contributed by atoms with E-state index in [1.165, 1.54) is 34.4 Å². The number of benzene rings is 1. The zero-order chi connectivity index (χ0) is 16.7. The highest BCUT2D eigenvalue weighted by molar-refractivity contribution is 7.18. The van der Waals surface area contributed by atoms with Gasteiger partial charge >= 0.3 is 0 Å². The van der Waals surface area contributed by atoms with E-state index in [1.54, 1.807) is 0 Å². The minimum atomic E-state index is -0.372. The summed E-state index contributed by atoms with van der Waals surface area (Å²) in [4.78, 5) is 18.9. The summed E-state index contributed by atoms with van der Waals surface area (Å²) in [6.45, 7) is 2.68. The molecule has 0 saturated carbocycles. The number of hydrogen-bond donors (Lipinski definition) is 0. The molecule has 0 amide bonds. The van der Waals surface area contributed by atoms with E-state index < -0.39 is 0 Å². The average molecular weight is 346 g/mol. The molecule has 0 N–H and O–H groups in total. The van der Waals surface area contributed by atoms with Crippen LogP contribution in [0.3, 0.4) is 0 Å². The summed E-state index contributed by atoms with van der Waals surface area (Å²) in [5.41, 5.74) is 1.14. The lowest BCUT2D eigenvalue weighted by Crippen LogP contribution is -2.22. The molecule has 0 spiro atoms. The van der Waals surface area contributed by atoms with Crippen LogP contribution in [-0.4, -0.2) is 16.3 Å². The van der Waals surface area contributed by atoms with Gasteiger partial charge in [0.25, 0.3) is 5.56 Å². The number of aryl methyl sites for hydroxylation is 1. The van der Waals surface area contributed by atoms with E-state index in [0.717, 1.165) is 16.1 Å². The molecule has 0 saturated heterocycles. The lowest BCUT2D eigenvalue weighted by Gasteiger charge is -2.21. The van der Waals surface area contributed by atoms with Crippen molar-refractivity contribution in [3.63, 3.8) is 0 Å². The largest absolute Gasteiger partial charge is 0.467 e. The molecule has 0 unspecified atom stereocenters. The SMILES string of the molecule is CCc1cc2c(=O)n(Cc3cc(F)cc4c3OCOC4)cnc2s1. The first-order valence-electron chi connectivity index (χ1n) is 7.65. The molecule has 1 aliphatic heterocycles. The van der Waals surface area contributed by atoms with Crippen molar-refractivity contribution in [1.82, 2.24) is 9.55 Å². The van der Waals surface area contributed by atoms with Crippen LogP contribution in [0.5, 0.6) is 5.75 Å². The summed E-state index contributed by atoms with van der Waals surface area (Å²) in [5.74, 6) is 0.220. The second kappa shape index (κ2) is 5.99. The Hall–Kier alpha value is -2.25. The van der Waals surface area contributed by atoms with E-state index in [4.69, 9.17) is 9.47 Å². The van der Waals surface area contributed by atoms with Gasteiger partial charge in [-0.3, -0.25) is 9.36 Å². The van der Waals surface area contributed by atoms with Crippen molar-refractivity contribution >= 4 is 21.6 Å². The molecule has 2 aromatic heterocycles. The molecule has 3 aromatic rings. The fraction of sp³-hybridized carbons (Fsp3) is 0.294. The number of nitrogens with zero attached hydrogens (tertiary/aromatic N) is 2. The van der Waals surface area contributed by atoms with Crippen molar-refractivity contribution in [2.45, 2.75) is 26.5 Å². The van der Waals surface area contributed by atoms with Crippen LogP contribution >= 0.6 is 11.3 Å². The molecule has 0 radical (unpaired) electrons. The first-order chi connectivity index (χ1) is 11.7. The fourth-order valence-electron chi connectivity index (χ4n) is 2.85. The van der Waals surface area contributed by atoms with Crippen molar-refractivity contribution < 1.29 is 13.9 Å². The third-order valence-corrected chi connectivity index (χ3v) is 5.20. The van der Waals surface area contributed by atoms with Crippen molar-refractivity contribution in [2.24, 2.45) is 0 Å². The summed E-state index contributed by atoms with van der Waals surface area (Å²) < 4.78 is 26.0. The molecule has 124 valence electrons. The van der Waals surface area contributed by atoms with Crippen LogP contribution in [0.1, 0.15) is 22.9 Å². The smallest absolute Gasteiger partial charge is 0.262 e. The van der Waals surface area contributed by atoms with Gasteiger partial charge in [-0.1, -0.05) is 6.92 Å². The van der Waals surface area contributed by atoms with E-state index >= 15 is 0 Å². The Morgan fingerprint density at radius 2 is 2.25 bits per heavy atom. The summed E-state index contributed by atoms with van der Waals surface area (Å²) in [6, 6.07) is 4.68. The van der Waals surface area contributed by atoms with Crippen LogP contribution < -0.4 is 10.3 Å². The average Bonchev–Trinajstić information content (AvgIpc) is 3.01. The second-order valence-corrected chi connectivity index (χ2v) is 6.74. The zero-order valence-corrected chi connectivity index (χ0v) is 13.9. The Labute approximate surface area is 141 Å². The van der Waals surface area contributed by atoms with Crippen molar-refractivity contribution in [3.05, 3.63) is 56.7 Å². The quantitative estimate of drug-likeness (QED) is 0.731. The molecule has 1 aromatic carbocycles. The molecular weight excluding hydrogens is 331 g/mol. The minimum Gasteiger partial charge on any atom is -0.467 e. The highest BCUT2D eigenvalue weighted by Crippen LogP contribution is 2.30. The van der Waals surface area contributed by atoms with Gasteiger partial charge in [-0.25, -0.2) is 9.37 Å². The Morgan fingerprint density at radius 3 is 3.08 bits per heavy atom. The molecular formula is C17H15FN2O3S. The molecule has 1 aliphatic rings. The normalized spacial score (nSPS) is 13.8.